The molecule has 0 amide bonds. The van der Waals surface area contributed by atoms with E-state index in [0.717, 1.165) is 12.8 Å². The van der Waals surface area contributed by atoms with Gasteiger partial charge >= 0.3 is 0 Å². The van der Waals surface area contributed by atoms with E-state index in [1.54, 1.807) is 12.5 Å². The molecular weight excluding hydrogens is 168 g/mol. The largest absolute Gasteiger partial charge is 0.366 e. The first kappa shape index (κ1) is 8.72. The molecule has 0 saturated heterocycles. The molecule has 1 heterocycles. The van der Waals surface area contributed by atoms with Crippen molar-refractivity contribution in [2.24, 2.45) is 0 Å². The zero-order chi connectivity index (χ0) is 9.31. The van der Waals surface area contributed by atoms with E-state index in [2.05, 4.69) is 4.98 Å². The second-order valence-electron chi connectivity index (χ2n) is 3.72. The van der Waals surface area contributed by atoms with Gasteiger partial charge in [0.15, 0.2) is 5.79 Å². The first-order valence-electron chi connectivity index (χ1n) is 4.60. The highest BCUT2D eigenvalue weighted by molar-refractivity contribution is 4.85. The molecule has 1 aliphatic rings. The summed E-state index contributed by atoms with van der Waals surface area (Å²) in [6.07, 6.45) is 7.98. The lowest BCUT2D eigenvalue weighted by molar-refractivity contribution is -0.185. The second kappa shape index (κ2) is 3.12. The third-order valence-corrected chi connectivity index (χ3v) is 2.70. The summed E-state index contributed by atoms with van der Waals surface area (Å²) in [5.41, 5.74) is 0. The van der Waals surface area contributed by atoms with Gasteiger partial charge in [-0.1, -0.05) is 0 Å². The van der Waals surface area contributed by atoms with Gasteiger partial charge in [-0.15, -0.1) is 0 Å². The quantitative estimate of drug-likeness (QED) is 0.628. The van der Waals surface area contributed by atoms with Crippen LogP contribution >= 0.6 is 0 Å². The molecule has 1 fully saturated rings. The third kappa shape index (κ3) is 1.89. The minimum absolute atomic E-state index is 0.384. The molecule has 0 bridgehead atoms. The fourth-order valence-corrected chi connectivity index (χ4v) is 1.85. The number of hydrogen-bond acceptors (Lipinski definition) is 3. The Kier molecular flexibility index (Phi) is 2.09. The summed E-state index contributed by atoms with van der Waals surface area (Å²) in [7, 11) is 0. The van der Waals surface area contributed by atoms with E-state index in [-0.39, 0.29) is 0 Å². The van der Waals surface area contributed by atoms with Crippen LogP contribution in [-0.2, 0) is 0 Å². The van der Waals surface area contributed by atoms with Crippen LogP contribution in [0.3, 0.4) is 0 Å². The molecule has 1 aliphatic carbocycles. The molecule has 72 valence electrons. The minimum atomic E-state index is -1.43. The standard InChI is InChI=1S/C9H14N2O2/c12-9(13)3-1-8(2-4-9)11-6-5-10-7-11/h5-8,12-13H,1-4H2. The average Bonchev–Trinajstić information content (AvgIpc) is 2.56. The Hall–Kier alpha value is -0.870. The summed E-state index contributed by atoms with van der Waals surface area (Å²) in [5.74, 6) is -1.43. The number of aliphatic hydroxyl groups is 2. The van der Waals surface area contributed by atoms with E-state index in [0.29, 0.717) is 18.9 Å². The van der Waals surface area contributed by atoms with Crippen molar-refractivity contribution in [3.63, 3.8) is 0 Å². The zero-order valence-corrected chi connectivity index (χ0v) is 7.43. The van der Waals surface area contributed by atoms with Crippen molar-refractivity contribution >= 4 is 0 Å². The van der Waals surface area contributed by atoms with Crippen molar-refractivity contribution in [3.8, 4) is 0 Å². The number of nitrogens with zero attached hydrogens (tertiary/aromatic N) is 2. The van der Waals surface area contributed by atoms with E-state index in [9.17, 15) is 10.2 Å². The Morgan fingerprint density at radius 3 is 2.54 bits per heavy atom. The van der Waals surface area contributed by atoms with Gasteiger partial charge in [0.1, 0.15) is 0 Å². The summed E-state index contributed by atoms with van der Waals surface area (Å²) in [6, 6.07) is 0.384. The molecule has 1 saturated carbocycles. The van der Waals surface area contributed by atoms with Gasteiger partial charge in [-0.3, -0.25) is 0 Å². The van der Waals surface area contributed by atoms with Gasteiger partial charge in [-0.25, -0.2) is 4.98 Å². The molecule has 1 aromatic rings. The predicted molar refractivity (Wildman–Crippen MR) is 46.9 cm³/mol. The first-order valence-corrected chi connectivity index (χ1v) is 4.60. The van der Waals surface area contributed by atoms with E-state index in [1.165, 1.54) is 0 Å². The molecule has 0 unspecified atom stereocenters. The van der Waals surface area contributed by atoms with Crippen LogP contribution in [0.4, 0.5) is 0 Å². The van der Waals surface area contributed by atoms with Crippen molar-refractivity contribution in [1.29, 1.82) is 0 Å². The molecule has 0 aliphatic heterocycles. The Morgan fingerprint density at radius 1 is 1.31 bits per heavy atom. The molecule has 0 aromatic carbocycles. The molecule has 1 aromatic heterocycles. The van der Waals surface area contributed by atoms with Gasteiger partial charge in [0.25, 0.3) is 0 Å². The van der Waals surface area contributed by atoms with E-state index in [4.69, 9.17) is 0 Å². The van der Waals surface area contributed by atoms with Crippen molar-refractivity contribution < 1.29 is 10.2 Å². The van der Waals surface area contributed by atoms with Gasteiger partial charge in [-0.05, 0) is 12.8 Å². The van der Waals surface area contributed by atoms with E-state index >= 15 is 0 Å². The highest BCUT2D eigenvalue weighted by atomic mass is 16.5. The number of aromatic nitrogens is 2. The molecular formula is C9H14N2O2. The Bertz CT molecular complexity index is 259. The van der Waals surface area contributed by atoms with Crippen LogP contribution in [0.5, 0.6) is 0 Å². The van der Waals surface area contributed by atoms with Gasteiger partial charge in [-0.2, -0.15) is 0 Å². The average molecular weight is 182 g/mol. The van der Waals surface area contributed by atoms with Crippen LogP contribution in [0.15, 0.2) is 18.7 Å². The lowest BCUT2D eigenvalue weighted by atomic mass is 9.90. The highest BCUT2D eigenvalue weighted by Gasteiger charge is 2.30. The van der Waals surface area contributed by atoms with Gasteiger partial charge < -0.3 is 14.8 Å². The molecule has 0 spiro atoms. The maximum atomic E-state index is 9.32. The predicted octanol–water partition coefficient (Wildman–Crippen LogP) is 0.679. The molecule has 4 nitrogen and oxygen atoms in total. The summed E-state index contributed by atoms with van der Waals surface area (Å²) >= 11 is 0. The molecule has 2 N–H and O–H groups in total. The summed E-state index contributed by atoms with van der Waals surface area (Å²) < 4.78 is 2.04. The molecule has 0 atom stereocenters. The molecule has 2 rings (SSSR count). The zero-order valence-electron chi connectivity index (χ0n) is 7.43. The molecule has 4 heteroatoms. The normalized spacial score (nSPS) is 23.2. The Balaban J connectivity index is 1.99. The third-order valence-electron chi connectivity index (χ3n) is 2.70. The van der Waals surface area contributed by atoms with Crippen LogP contribution in [0.2, 0.25) is 0 Å². The highest BCUT2D eigenvalue weighted by Crippen LogP contribution is 2.32. The van der Waals surface area contributed by atoms with Crippen LogP contribution < -0.4 is 0 Å². The van der Waals surface area contributed by atoms with Crippen molar-refractivity contribution in [2.75, 3.05) is 0 Å². The topological polar surface area (TPSA) is 58.3 Å². The van der Waals surface area contributed by atoms with Crippen LogP contribution in [0, 0.1) is 0 Å². The van der Waals surface area contributed by atoms with Gasteiger partial charge in [0.2, 0.25) is 0 Å². The van der Waals surface area contributed by atoms with Gasteiger partial charge in [0, 0.05) is 31.3 Å². The lowest BCUT2D eigenvalue weighted by Gasteiger charge is -2.32. The second-order valence-corrected chi connectivity index (χ2v) is 3.72. The number of imidazole rings is 1. The minimum Gasteiger partial charge on any atom is -0.366 e. The summed E-state index contributed by atoms with van der Waals surface area (Å²) in [5, 5.41) is 18.6. The number of rotatable bonds is 1. The summed E-state index contributed by atoms with van der Waals surface area (Å²) in [4.78, 5) is 3.97. The molecule has 0 radical (unpaired) electrons. The first-order chi connectivity index (χ1) is 6.17. The molecule has 13 heavy (non-hydrogen) atoms. The van der Waals surface area contributed by atoms with Crippen LogP contribution in [0.1, 0.15) is 31.7 Å². The van der Waals surface area contributed by atoms with Crippen LogP contribution in [-0.4, -0.2) is 25.6 Å². The fourth-order valence-electron chi connectivity index (χ4n) is 1.85. The monoisotopic (exact) mass is 182 g/mol. The van der Waals surface area contributed by atoms with E-state index < -0.39 is 5.79 Å². The van der Waals surface area contributed by atoms with Crippen molar-refractivity contribution in [3.05, 3.63) is 18.7 Å². The fraction of sp³-hybridized carbons (Fsp3) is 0.667. The maximum absolute atomic E-state index is 9.32. The Morgan fingerprint density at radius 2 is 2.00 bits per heavy atom. The van der Waals surface area contributed by atoms with Crippen LogP contribution in [0.25, 0.3) is 0 Å². The smallest absolute Gasteiger partial charge is 0.162 e. The number of hydrogen-bond donors (Lipinski definition) is 2. The summed E-state index contributed by atoms with van der Waals surface area (Å²) in [6.45, 7) is 0. The maximum Gasteiger partial charge on any atom is 0.162 e. The van der Waals surface area contributed by atoms with Crippen molar-refractivity contribution in [1.82, 2.24) is 9.55 Å². The lowest BCUT2D eigenvalue weighted by Crippen LogP contribution is -2.33. The SMILES string of the molecule is OC1(O)CCC(n2ccnc2)CC1. The van der Waals surface area contributed by atoms with E-state index in [1.807, 2.05) is 10.8 Å². The Labute approximate surface area is 76.8 Å². The van der Waals surface area contributed by atoms with Gasteiger partial charge in [0.05, 0.1) is 6.33 Å². The van der Waals surface area contributed by atoms with Crippen molar-refractivity contribution in [2.45, 2.75) is 37.5 Å².